The van der Waals surface area contributed by atoms with Gasteiger partial charge in [0.25, 0.3) is 5.91 Å². The molecule has 126 valence electrons. The summed E-state index contributed by atoms with van der Waals surface area (Å²) < 4.78 is 11.2. The van der Waals surface area contributed by atoms with E-state index in [0.717, 1.165) is 11.1 Å². The van der Waals surface area contributed by atoms with Crippen LogP contribution < -0.4 is 14.8 Å². The number of amides is 1. The van der Waals surface area contributed by atoms with Crippen molar-refractivity contribution in [1.82, 2.24) is 0 Å². The second kappa shape index (κ2) is 6.93. The average molecular weight is 327 g/mol. The Kier molecular flexibility index (Phi) is 4.71. The number of fused-ring (bicyclic) bond motifs is 1. The molecule has 1 amide bonds. The van der Waals surface area contributed by atoms with Crippen LogP contribution in [0.3, 0.4) is 0 Å². The molecule has 0 aromatic heterocycles. The maximum absolute atomic E-state index is 12.2. The molecule has 2 aromatic carbocycles. The topological polar surface area (TPSA) is 67.8 Å². The van der Waals surface area contributed by atoms with Crippen LogP contribution in [0.2, 0.25) is 0 Å². The molecule has 24 heavy (non-hydrogen) atoms. The van der Waals surface area contributed by atoms with Crippen molar-refractivity contribution in [3.63, 3.8) is 0 Å². The number of aliphatic hydroxyl groups is 1. The van der Waals surface area contributed by atoms with E-state index < -0.39 is 6.10 Å². The predicted octanol–water partition coefficient (Wildman–Crippen LogP) is 3.14. The summed E-state index contributed by atoms with van der Waals surface area (Å²) in [5.41, 5.74) is 3.32. The zero-order valence-corrected chi connectivity index (χ0v) is 13.8. The third-order valence-corrected chi connectivity index (χ3v) is 4.02. The molecule has 1 aliphatic heterocycles. The lowest BCUT2D eigenvalue weighted by molar-refractivity contribution is -0.118. The quantitative estimate of drug-likeness (QED) is 0.905. The van der Waals surface area contributed by atoms with Gasteiger partial charge in [-0.15, -0.1) is 0 Å². The van der Waals surface area contributed by atoms with E-state index in [1.54, 1.807) is 18.2 Å². The van der Waals surface area contributed by atoms with Gasteiger partial charge in [-0.2, -0.15) is 0 Å². The Balaban J connectivity index is 1.67. The molecule has 1 aliphatic rings. The van der Waals surface area contributed by atoms with Crippen LogP contribution in [-0.2, 0) is 4.79 Å². The van der Waals surface area contributed by atoms with Crippen LogP contribution in [0.25, 0.3) is 0 Å². The summed E-state index contributed by atoms with van der Waals surface area (Å²) in [4.78, 5) is 12.2. The van der Waals surface area contributed by atoms with Gasteiger partial charge >= 0.3 is 0 Å². The minimum absolute atomic E-state index is 0.0868. The van der Waals surface area contributed by atoms with Gasteiger partial charge in [0, 0.05) is 12.0 Å². The number of carbonyl (C=O) groups is 1. The summed E-state index contributed by atoms with van der Waals surface area (Å²) in [5, 5.41) is 12.8. The summed E-state index contributed by atoms with van der Waals surface area (Å²) in [6.07, 6.45) is -0.00282. The van der Waals surface area contributed by atoms with Crippen molar-refractivity contribution in [3.05, 3.63) is 53.1 Å². The number of ether oxygens (including phenoxy) is 2. The van der Waals surface area contributed by atoms with Crippen molar-refractivity contribution < 1.29 is 19.4 Å². The van der Waals surface area contributed by atoms with Crippen LogP contribution in [-0.4, -0.2) is 24.2 Å². The number of carbonyl (C=O) groups excluding carboxylic acids is 1. The van der Waals surface area contributed by atoms with E-state index in [1.807, 2.05) is 32.0 Å². The van der Waals surface area contributed by atoms with Gasteiger partial charge in [0.1, 0.15) is 11.5 Å². The Bertz CT molecular complexity index is 757. The summed E-state index contributed by atoms with van der Waals surface area (Å²) in [5.74, 6) is 0.969. The Morgan fingerprint density at radius 2 is 2.17 bits per heavy atom. The molecule has 2 aromatic rings. The highest BCUT2D eigenvalue weighted by molar-refractivity contribution is 5.93. The zero-order valence-electron chi connectivity index (χ0n) is 13.8. The molecule has 3 rings (SSSR count). The molecule has 1 atom stereocenters. The highest BCUT2D eigenvalue weighted by Gasteiger charge is 2.22. The van der Waals surface area contributed by atoms with Gasteiger partial charge in [-0.25, -0.2) is 0 Å². The van der Waals surface area contributed by atoms with Crippen LogP contribution in [0.4, 0.5) is 5.69 Å². The Morgan fingerprint density at radius 3 is 3.00 bits per heavy atom. The standard InChI is InChI=1S/C19H21NO4/c1-12-6-7-13(2)17(10-12)24-11-18(22)20-15-5-3-4-14-16(21)8-9-23-19(14)15/h3-7,10,16,21H,8-9,11H2,1-2H3,(H,20,22)/t16-/m0/s1. The van der Waals surface area contributed by atoms with Crippen molar-refractivity contribution >= 4 is 11.6 Å². The van der Waals surface area contributed by atoms with Crippen molar-refractivity contribution in [1.29, 1.82) is 0 Å². The maximum Gasteiger partial charge on any atom is 0.262 e. The molecule has 5 heteroatoms. The molecule has 0 saturated carbocycles. The van der Waals surface area contributed by atoms with Gasteiger partial charge in [0.05, 0.1) is 18.4 Å². The predicted molar refractivity (Wildman–Crippen MR) is 91.6 cm³/mol. The zero-order chi connectivity index (χ0) is 17.1. The number of hydrogen-bond donors (Lipinski definition) is 2. The van der Waals surface area contributed by atoms with Crippen molar-refractivity contribution in [3.8, 4) is 11.5 Å². The minimum atomic E-state index is -0.559. The van der Waals surface area contributed by atoms with Crippen LogP contribution in [0.1, 0.15) is 29.2 Å². The van der Waals surface area contributed by atoms with E-state index >= 15 is 0 Å². The lowest BCUT2D eigenvalue weighted by atomic mass is 10.0. The molecule has 2 N–H and O–H groups in total. The SMILES string of the molecule is Cc1ccc(C)c(OCC(=O)Nc2cccc3c2OCC[C@@H]3O)c1. The number of aliphatic hydroxyl groups excluding tert-OH is 1. The maximum atomic E-state index is 12.2. The first-order valence-corrected chi connectivity index (χ1v) is 7.98. The molecule has 0 aliphatic carbocycles. The first-order chi connectivity index (χ1) is 11.5. The molecule has 0 fully saturated rings. The van der Waals surface area contributed by atoms with Gasteiger partial charge in [-0.05, 0) is 37.1 Å². The van der Waals surface area contributed by atoms with Gasteiger partial charge < -0.3 is 19.9 Å². The molecular formula is C19H21NO4. The number of benzene rings is 2. The summed E-state index contributed by atoms with van der Waals surface area (Å²) in [6, 6.07) is 11.2. The van der Waals surface area contributed by atoms with Crippen LogP contribution >= 0.6 is 0 Å². The summed E-state index contributed by atoms with van der Waals surface area (Å²) in [6.45, 7) is 4.26. The number of hydrogen-bond acceptors (Lipinski definition) is 4. The van der Waals surface area contributed by atoms with Gasteiger partial charge in [0.2, 0.25) is 0 Å². The smallest absolute Gasteiger partial charge is 0.262 e. The normalized spacial score (nSPS) is 16.0. The number of aryl methyl sites for hydroxylation is 2. The molecular weight excluding hydrogens is 306 g/mol. The van der Waals surface area contributed by atoms with Crippen LogP contribution in [0.5, 0.6) is 11.5 Å². The Hall–Kier alpha value is -2.53. The van der Waals surface area contributed by atoms with Gasteiger partial charge in [-0.1, -0.05) is 24.3 Å². The molecule has 1 heterocycles. The third-order valence-electron chi connectivity index (χ3n) is 4.02. The van der Waals surface area contributed by atoms with E-state index in [0.29, 0.717) is 35.8 Å². The molecule has 5 nitrogen and oxygen atoms in total. The second-order valence-corrected chi connectivity index (χ2v) is 5.98. The highest BCUT2D eigenvalue weighted by Crippen LogP contribution is 2.37. The fourth-order valence-corrected chi connectivity index (χ4v) is 2.70. The van der Waals surface area contributed by atoms with Crippen molar-refractivity contribution in [2.24, 2.45) is 0 Å². The first-order valence-electron chi connectivity index (χ1n) is 7.98. The summed E-state index contributed by atoms with van der Waals surface area (Å²) >= 11 is 0. The van der Waals surface area contributed by atoms with E-state index in [1.165, 1.54) is 0 Å². The summed E-state index contributed by atoms with van der Waals surface area (Å²) in [7, 11) is 0. The minimum Gasteiger partial charge on any atom is -0.491 e. The van der Waals surface area contributed by atoms with Gasteiger partial charge in [-0.3, -0.25) is 4.79 Å². The third kappa shape index (κ3) is 3.51. The molecule has 0 radical (unpaired) electrons. The fourth-order valence-electron chi connectivity index (χ4n) is 2.70. The van der Waals surface area contributed by atoms with Crippen molar-refractivity contribution in [2.75, 3.05) is 18.5 Å². The Morgan fingerprint density at radius 1 is 1.33 bits per heavy atom. The highest BCUT2D eigenvalue weighted by atomic mass is 16.5. The lowest BCUT2D eigenvalue weighted by Gasteiger charge is -2.24. The van der Waals surface area contributed by atoms with E-state index in [9.17, 15) is 9.90 Å². The number of anilines is 1. The molecule has 0 bridgehead atoms. The van der Waals surface area contributed by atoms with Crippen molar-refractivity contribution in [2.45, 2.75) is 26.4 Å². The molecule has 0 unspecified atom stereocenters. The van der Waals surface area contributed by atoms with Crippen LogP contribution in [0.15, 0.2) is 36.4 Å². The largest absolute Gasteiger partial charge is 0.491 e. The van der Waals surface area contributed by atoms with E-state index in [4.69, 9.17) is 9.47 Å². The molecule has 0 saturated heterocycles. The monoisotopic (exact) mass is 327 g/mol. The lowest BCUT2D eigenvalue weighted by Crippen LogP contribution is -2.22. The number of nitrogens with one attached hydrogen (secondary N) is 1. The fraction of sp³-hybridized carbons (Fsp3) is 0.316. The van der Waals surface area contributed by atoms with E-state index in [-0.39, 0.29) is 12.5 Å². The average Bonchev–Trinajstić information content (AvgIpc) is 2.57. The second-order valence-electron chi connectivity index (χ2n) is 5.98. The first kappa shape index (κ1) is 16.3. The van der Waals surface area contributed by atoms with E-state index in [2.05, 4.69) is 5.32 Å². The van der Waals surface area contributed by atoms with Gasteiger partial charge in [0.15, 0.2) is 6.61 Å². The number of para-hydroxylation sites is 1. The number of rotatable bonds is 4. The molecule has 0 spiro atoms. The Labute approximate surface area is 141 Å². The van der Waals surface area contributed by atoms with Crippen LogP contribution in [0, 0.1) is 13.8 Å².